The molecule has 0 aliphatic rings. The van der Waals surface area contributed by atoms with Crippen LogP contribution < -0.4 is 0 Å². The Bertz CT molecular complexity index is 221. The number of likely N-dealkylation sites (N-methyl/N-ethyl adjacent to an activating group) is 1. The molecule has 0 saturated heterocycles. The molecule has 88 valence electrons. The van der Waals surface area contributed by atoms with Gasteiger partial charge in [0.25, 0.3) is 0 Å². The highest BCUT2D eigenvalue weighted by atomic mass is 31.1. The Morgan fingerprint density at radius 3 is 2.47 bits per heavy atom. The van der Waals surface area contributed by atoms with Crippen LogP contribution in [0.2, 0.25) is 0 Å². The molecular formula is C11H23NO2P+. The number of rotatable bonds is 7. The molecule has 0 radical (unpaired) electrons. The van der Waals surface area contributed by atoms with Crippen LogP contribution in [0.5, 0.6) is 0 Å². The summed E-state index contributed by atoms with van der Waals surface area (Å²) in [6, 6.07) is 0. The molecule has 0 aromatic heterocycles. The second-order valence-corrected chi connectivity index (χ2v) is 6.20. The standard InChI is InChI=1S/C11H23NO2P/c1-5-6-7-8-9-15(14)11(13)10-12(2,3)4/h8-9,14H,5-7,10H2,1-4H3/q+1. The van der Waals surface area contributed by atoms with Crippen LogP contribution in [-0.2, 0) is 4.79 Å². The van der Waals surface area contributed by atoms with E-state index in [2.05, 4.69) is 6.92 Å². The van der Waals surface area contributed by atoms with Crippen molar-refractivity contribution in [3.8, 4) is 0 Å². The summed E-state index contributed by atoms with van der Waals surface area (Å²) in [6.07, 6.45) is 5.13. The molecule has 0 amide bonds. The summed E-state index contributed by atoms with van der Waals surface area (Å²) in [4.78, 5) is 21.1. The van der Waals surface area contributed by atoms with Gasteiger partial charge in [-0.3, -0.25) is 4.79 Å². The largest absolute Gasteiger partial charge is 0.362 e. The molecule has 0 saturated carbocycles. The summed E-state index contributed by atoms with van der Waals surface area (Å²) in [6.45, 7) is 2.51. The number of nitrogens with zero attached hydrogens (tertiary/aromatic N) is 1. The maximum absolute atomic E-state index is 11.5. The van der Waals surface area contributed by atoms with Gasteiger partial charge in [0.15, 0.2) is 0 Å². The molecule has 0 aromatic carbocycles. The van der Waals surface area contributed by atoms with Crippen LogP contribution in [0.3, 0.4) is 0 Å². The highest BCUT2D eigenvalue weighted by molar-refractivity contribution is 7.72. The Morgan fingerprint density at radius 2 is 2.00 bits per heavy atom. The third-order valence-electron chi connectivity index (χ3n) is 1.84. The molecule has 0 fully saturated rings. The summed E-state index contributed by atoms with van der Waals surface area (Å²) in [5.74, 6) is 1.67. The van der Waals surface area contributed by atoms with E-state index in [0.29, 0.717) is 11.0 Å². The van der Waals surface area contributed by atoms with Crippen LogP contribution in [0.25, 0.3) is 0 Å². The maximum atomic E-state index is 11.5. The van der Waals surface area contributed by atoms with Crippen molar-refractivity contribution in [1.82, 2.24) is 0 Å². The lowest BCUT2D eigenvalue weighted by Gasteiger charge is -2.23. The van der Waals surface area contributed by atoms with Crippen LogP contribution in [-0.4, -0.2) is 42.6 Å². The fourth-order valence-electron chi connectivity index (χ4n) is 1.06. The first-order valence-corrected chi connectivity index (χ1v) is 6.71. The second-order valence-electron chi connectivity index (χ2n) is 4.71. The molecule has 0 aliphatic heterocycles. The number of hydrogen-bond donors (Lipinski definition) is 1. The first-order valence-electron chi connectivity index (χ1n) is 5.35. The molecule has 1 unspecified atom stereocenters. The molecule has 0 rings (SSSR count). The fourth-order valence-corrected chi connectivity index (χ4v) is 2.14. The fraction of sp³-hybridized carbons (Fsp3) is 0.727. The Labute approximate surface area is 94.2 Å². The molecule has 0 spiro atoms. The Kier molecular flexibility index (Phi) is 6.99. The zero-order chi connectivity index (χ0) is 11.9. The molecule has 1 N–H and O–H groups in total. The molecular weight excluding hydrogens is 209 g/mol. The van der Waals surface area contributed by atoms with E-state index < -0.39 is 8.15 Å². The van der Waals surface area contributed by atoms with Crippen molar-refractivity contribution in [3.05, 3.63) is 11.9 Å². The minimum atomic E-state index is -1.56. The Morgan fingerprint density at radius 1 is 1.40 bits per heavy atom. The smallest absolute Gasteiger partial charge is 0.238 e. The average Bonchev–Trinajstić information content (AvgIpc) is 2.09. The number of carbonyl (C=O) groups excluding carboxylic acids is 1. The lowest BCUT2D eigenvalue weighted by atomic mass is 10.2. The molecule has 4 heteroatoms. The number of unbranched alkanes of at least 4 members (excludes halogenated alkanes) is 2. The first kappa shape index (κ1) is 14.8. The van der Waals surface area contributed by atoms with Gasteiger partial charge in [-0.25, -0.2) is 0 Å². The van der Waals surface area contributed by atoms with Gasteiger partial charge < -0.3 is 9.38 Å². The molecule has 3 nitrogen and oxygen atoms in total. The molecule has 1 atom stereocenters. The van der Waals surface area contributed by atoms with Gasteiger partial charge in [0.2, 0.25) is 5.52 Å². The van der Waals surface area contributed by atoms with Gasteiger partial charge in [0, 0.05) is 0 Å². The van der Waals surface area contributed by atoms with Gasteiger partial charge >= 0.3 is 0 Å². The van der Waals surface area contributed by atoms with Crippen molar-refractivity contribution < 1.29 is 14.2 Å². The van der Waals surface area contributed by atoms with Gasteiger partial charge in [0.05, 0.1) is 21.1 Å². The van der Waals surface area contributed by atoms with Crippen LogP contribution in [0.15, 0.2) is 11.9 Å². The highest BCUT2D eigenvalue weighted by Crippen LogP contribution is 2.33. The van der Waals surface area contributed by atoms with Gasteiger partial charge in [-0.05, 0) is 12.2 Å². The molecule has 0 aromatic rings. The second kappa shape index (κ2) is 7.10. The summed E-state index contributed by atoms with van der Waals surface area (Å²) < 4.78 is 0.570. The molecule has 0 heterocycles. The van der Waals surface area contributed by atoms with E-state index in [9.17, 15) is 9.69 Å². The van der Waals surface area contributed by atoms with Crippen molar-refractivity contribution in [2.24, 2.45) is 0 Å². The maximum Gasteiger partial charge on any atom is 0.238 e. The van der Waals surface area contributed by atoms with Gasteiger partial charge in [-0.1, -0.05) is 25.8 Å². The average molecular weight is 232 g/mol. The number of carbonyl (C=O) groups is 1. The minimum Gasteiger partial charge on any atom is -0.362 e. The van der Waals surface area contributed by atoms with Gasteiger partial charge in [-0.15, -0.1) is 0 Å². The van der Waals surface area contributed by atoms with Crippen molar-refractivity contribution in [3.63, 3.8) is 0 Å². The lowest BCUT2D eigenvalue weighted by molar-refractivity contribution is -0.861. The highest BCUT2D eigenvalue weighted by Gasteiger charge is 2.20. The zero-order valence-electron chi connectivity index (χ0n) is 10.2. The van der Waals surface area contributed by atoms with E-state index in [1.54, 1.807) is 5.82 Å². The van der Waals surface area contributed by atoms with Crippen LogP contribution in [0.4, 0.5) is 0 Å². The first-order chi connectivity index (χ1) is 6.87. The quantitative estimate of drug-likeness (QED) is 0.415. The zero-order valence-corrected chi connectivity index (χ0v) is 11.1. The number of quaternary nitrogens is 1. The van der Waals surface area contributed by atoms with Crippen LogP contribution >= 0.6 is 8.15 Å². The minimum absolute atomic E-state index is 0.0507. The van der Waals surface area contributed by atoms with Crippen molar-refractivity contribution >= 4 is 13.7 Å². The van der Waals surface area contributed by atoms with Crippen LogP contribution in [0, 0.1) is 0 Å². The topological polar surface area (TPSA) is 37.3 Å². The predicted molar refractivity (Wildman–Crippen MR) is 65.7 cm³/mol. The SMILES string of the molecule is CCCCC=CP(O)C(=O)C[N+](C)(C)C. The van der Waals surface area contributed by atoms with Gasteiger partial charge in [-0.2, -0.15) is 0 Å². The third-order valence-corrected chi connectivity index (χ3v) is 2.98. The lowest BCUT2D eigenvalue weighted by Crippen LogP contribution is -2.38. The van der Waals surface area contributed by atoms with Gasteiger partial charge in [0.1, 0.15) is 14.7 Å². The van der Waals surface area contributed by atoms with E-state index >= 15 is 0 Å². The number of allylic oxidation sites excluding steroid dienone is 1. The summed E-state index contributed by atoms with van der Waals surface area (Å²) in [5, 5.41) is 0. The van der Waals surface area contributed by atoms with E-state index in [-0.39, 0.29) is 5.52 Å². The van der Waals surface area contributed by atoms with Crippen molar-refractivity contribution in [1.29, 1.82) is 0 Å². The van der Waals surface area contributed by atoms with Crippen LogP contribution in [0.1, 0.15) is 26.2 Å². The predicted octanol–water partition coefficient (Wildman–Crippen LogP) is 2.31. The van der Waals surface area contributed by atoms with E-state index in [0.717, 1.165) is 19.3 Å². The van der Waals surface area contributed by atoms with Crippen molar-refractivity contribution in [2.75, 3.05) is 27.7 Å². The normalized spacial score (nSPS) is 14.5. The molecule has 0 bridgehead atoms. The number of hydrogen-bond acceptors (Lipinski definition) is 2. The summed E-state index contributed by atoms with van der Waals surface area (Å²) >= 11 is 0. The Hall–Kier alpha value is -0.240. The molecule has 0 aliphatic carbocycles. The summed E-state index contributed by atoms with van der Waals surface area (Å²) in [5.41, 5.74) is -0.0507. The summed E-state index contributed by atoms with van der Waals surface area (Å²) in [7, 11) is 4.28. The molecule has 15 heavy (non-hydrogen) atoms. The van der Waals surface area contributed by atoms with E-state index in [1.165, 1.54) is 0 Å². The Balaban J connectivity index is 3.94. The van der Waals surface area contributed by atoms with E-state index in [4.69, 9.17) is 0 Å². The third kappa shape index (κ3) is 8.73. The monoisotopic (exact) mass is 232 g/mol. The van der Waals surface area contributed by atoms with E-state index in [1.807, 2.05) is 27.2 Å². The van der Waals surface area contributed by atoms with Crippen molar-refractivity contribution in [2.45, 2.75) is 26.2 Å².